The fraction of sp³-hybridized carbons (Fsp3) is 0.432. The number of carboxylic acid groups (broad SMARTS) is 3. The van der Waals surface area contributed by atoms with Crippen molar-refractivity contribution in [2.24, 2.45) is 25.7 Å². The number of hydrogen-bond acceptors (Lipinski definition) is 19. The number of halogens is 1. The Labute approximate surface area is 687 Å². The highest BCUT2D eigenvalue weighted by Crippen LogP contribution is 2.41. The van der Waals surface area contributed by atoms with Gasteiger partial charge in [0.15, 0.2) is 11.7 Å². The van der Waals surface area contributed by atoms with Gasteiger partial charge in [0.05, 0.1) is 49.1 Å². The smallest absolute Gasteiger partial charge is 0.339 e. The predicted octanol–water partition coefficient (Wildman–Crippen LogP) is 14.5. The molecule has 612 valence electrons. The molecule has 1 saturated heterocycles. The number of amidine groups is 3. The van der Waals surface area contributed by atoms with Crippen molar-refractivity contribution in [3.8, 4) is 23.0 Å². The minimum atomic E-state index is -1.11. The number of aliphatic imine (C=N–C) groups is 4. The van der Waals surface area contributed by atoms with Crippen molar-refractivity contribution in [2.45, 2.75) is 196 Å². The van der Waals surface area contributed by atoms with Gasteiger partial charge >= 0.3 is 17.9 Å². The summed E-state index contributed by atoms with van der Waals surface area (Å²) in [5.41, 5.74) is 23.3. The summed E-state index contributed by atoms with van der Waals surface area (Å²) in [5.74, 6) is 2.61. The summed E-state index contributed by atoms with van der Waals surface area (Å²) in [6.07, 6.45) is 19.8. The number of rotatable bonds is 16. The summed E-state index contributed by atoms with van der Waals surface area (Å²) in [5, 5.41) is 73.9. The number of aryl methyl sites for hydroxylation is 3. The number of aromatic carboxylic acids is 2. The van der Waals surface area contributed by atoms with E-state index < -0.39 is 23.8 Å². The van der Waals surface area contributed by atoms with Crippen LogP contribution in [0.3, 0.4) is 0 Å². The van der Waals surface area contributed by atoms with Crippen molar-refractivity contribution in [3.05, 3.63) is 210 Å². The van der Waals surface area contributed by atoms with E-state index in [2.05, 4.69) is 179 Å². The lowest BCUT2D eigenvalue weighted by Gasteiger charge is -2.24. The zero-order chi connectivity index (χ0) is 84.0. The zero-order valence-corrected chi connectivity index (χ0v) is 72.0. The number of pyridine rings is 2. The molecule has 14 N–H and O–H groups in total. The van der Waals surface area contributed by atoms with Gasteiger partial charge in [-0.15, -0.1) is 0 Å². The van der Waals surface area contributed by atoms with Crippen LogP contribution in [0.4, 0.5) is 0 Å². The van der Waals surface area contributed by atoms with Gasteiger partial charge in [0.1, 0.15) is 53.0 Å². The maximum Gasteiger partial charge on any atom is 0.339 e. The maximum absolute atomic E-state index is 10.5. The van der Waals surface area contributed by atoms with Crippen LogP contribution in [0.2, 0.25) is 0 Å². The van der Waals surface area contributed by atoms with E-state index in [0.29, 0.717) is 29.2 Å². The van der Waals surface area contributed by atoms with Crippen LogP contribution in [0, 0.1) is 41.5 Å². The highest BCUT2D eigenvalue weighted by Gasteiger charge is 2.28. The van der Waals surface area contributed by atoms with E-state index in [9.17, 15) is 34.5 Å². The number of primary amides is 1. The number of aromatic nitrogens is 4. The molecule has 0 radical (unpaired) electrons. The summed E-state index contributed by atoms with van der Waals surface area (Å²) < 4.78 is 1.05. The first-order chi connectivity index (χ1) is 53.9. The van der Waals surface area contributed by atoms with Crippen molar-refractivity contribution in [1.82, 2.24) is 25.3 Å². The number of quaternary nitrogens is 2. The van der Waals surface area contributed by atoms with E-state index >= 15 is 0 Å². The van der Waals surface area contributed by atoms with Crippen molar-refractivity contribution in [3.63, 3.8) is 0 Å². The first-order valence-electron chi connectivity index (χ1n) is 38.6. The molecule has 5 aliphatic rings. The standard InChI is InChI=1S/3C16H24N2O.C13H12BrN3.C8H14O2S2.C7H6O3.C6H6N2O.C6H5NO2/c3*1-10-8-13(16(3,4)5)15(19)11(2)12(10)9-14-17-6-7-18-14;14-12-9(8-10-2-1-5-15-10)3-4-11-13(12)17-7-6-16-11;9-8(10)4-2-1-3-7-5-6-11-12-7;8-6-4-2-1-3-5(6)7(9)10;7-6(9)5-2-1-3-8-4-5;8-6(9)5-2-1-3-7-4-5/h3*8,19H,6-7,9H2,1-5H3,(H,17,18);3-4,6-7H,1-2,5,8H2;7H,1-6H2,(H,9,10);1-4,8H,(H,9,10);1-4H,(H2,7,9);1-4H,(H,8,9)/p+2/t;;;;7-;;;/m....1.../s1. The summed E-state index contributed by atoms with van der Waals surface area (Å²) in [6.45, 7) is 38.3. The molecule has 1 fully saturated rings. The number of aliphatic carboxylic acids is 1. The molecule has 1 atom stereocenters. The van der Waals surface area contributed by atoms with Crippen LogP contribution in [0.1, 0.15) is 211 Å². The number of carbonyl (C=O) groups is 4. The molecule has 0 saturated carbocycles. The number of nitrogens with one attached hydrogen (secondary N) is 1. The minimum absolute atomic E-state index is 0.0326. The topological polar surface area (TPSA) is 382 Å². The van der Waals surface area contributed by atoms with Gasteiger partial charge in [0.25, 0.3) is 0 Å². The SMILES string of the molecule is Brc1c(CC2=NCCC2)ccc2nccnc12.Cc1cc(C(C)(C)C)c(O)c(C)c1CC1=NCCN1.Cc1cc(C(C)(C)C)c(O)c(C)c1CC1=NCC[NH2+]1.Cc1cc(C(C)(C)C)c(O)c(C)c1CC1=NCC[NH2+]1.NC(=O)c1cccnc1.O=C(O)CCCC[C@@H]1CCSS1.O=C(O)c1ccccc1O.O=C(O)c1cccnc1. The number of nitrogens with two attached hydrogens (primary N) is 3. The van der Waals surface area contributed by atoms with Crippen LogP contribution in [0.15, 0.2) is 140 Å². The molecule has 23 nitrogen and oxygen atoms in total. The summed E-state index contributed by atoms with van der Waals surface area (Å²) >= 11 is 3.63. The molecule has 0 bridgehead atoms. The average molecular weight is 1660 g/mol. The molecule has 1 amide bonds. The molecule has 0 unspecified atom stereocenters. The van der Waals surface area contributed by atoms with E-state index in [1.165, 1.54) is 106 Å². The quantitative estimate of drug-likeness (QED) is 0.0316. The van der Waals surface area contributed by atoms with Crippen LogP contribution in [-0.4, -0.2) is 160 Å². The summed E-state index contributed by atoms with van der Waals surface area (Å²) in [6, 6.07) is 22.7. The molecule has 3 aromatic heterocycles. The number of amides is 1. The molecule has 114 heavy (non-hydrogen) atoms. The number of aromatic hydroxyl groups is 4. The van der Waals surface area contributed by atoms with Crippen molar-refractivity contribution >= 4 is 95.6 Å². The number of fused-ring (bicyclic) bond motifs is 1. The van der Waals surface area contributed by atoms with Gasteiger partial charge in [-0.3, -0.25) is 50.1 Å². The van der Waals surface area contributed by atoms with Crippen molar-refractivity contribution < 1.29 is 65.6 Å². The number of hydrogen-bond donors (Lipinski definition) is 11. The second-order valence-electron chi connectivity index (χ2n) is 31.5. The lowest BCUT2D eigenvalue weighted by molar-refractivity contribution is -0.530. The molecule has 0 spiro atoms. The number of benzene rings is 5. The Morgan fingerprint density at radius 2 is 1.10 bits per heavy atom. The van der Waals surface area contributed by atoms with E-state index in [4.69, 9.17) is 26.2 Å². The first-order valence-corrected chi connectivity index (χ1v) is 41.8. The molecular formula is C88H117BrN12O11S2+2. The second kappa shape index (κ2) is 44.9. The molecule has 0 aliphatic carbocycles. The van der Waals surface area contributed by atoms with Gasteiger partial charge in [-0.2, -0.15) is 0 Å². The third-order valence-electron chi connectivity index (χ3n) is 19.5. The number of carboxylic acids is 3. The summed E-state index contributed by atoms with van der Waals surface area (Å²) in [4.78, 5) is 74.9. The highest BCUT2D eigenvalue weighted by atomic mass is 79.9. The molecule has 5 aromatic carbocycles. The van der Waals surface area contributed by atoms with Gasteiger partial charge in [0, 0.05) is 90.7 Å². The van der Waals surface area contributed by atoms with Gasteiger partial charge < -0.3 is 46.8 Å². The van der Waals surface area contributed by atoms with Gasteiger partial charge in [-0.05, 0) is 221 Å². The largest absolute Gasteiger partial charge is 0.507 e. The lowest BCUT2D eigenvalue weighted by atomic mass is 9.82. The van der Waals surface area contributed by atoms with Crippen LogP contribution in [0.25, 0.3) is 11.0 Å². The molecule has 26 heteroatoms. The molecule has 8 heterocycles. The number of phenolic OH excluding ortho intramolecular Hbond substituents is 3. The Morgan fingerprint density at radius 3 is 1.48 bits per heavy atom. The van der Waals surface area contributed by atoms with Crippen LogP contribution < -0.4 is 21.7 Å². The van der Waals surface area contributed by atoms with Crippen molar-refractivity contribution in [1.29, 1.82) is 0 Å². The molecule has 8 aromatic rings. The van der Waals surface area contributed by atoms with Crippen molar-refractivity contribution in [2.75, 3.05) is 51.6 Å². The van der Waals surface area contributed by atoms with Crippen LogP contribution in [0.5, 0.6) is 23.0 Å². The lowest BCUT2D eigenvalue weighted by Crippen LogP contribution is -2.86. The number of unbranched alkanes of at least 4 members (excludes halogenated alkanes) is 1. The Balaban J connectivity index is 0.000000206. The highest BCUT2D eigenvalue weighted by molar-refractivity contribution is 9.10. The van der Waals surface area contributed by atoms with E-state index in [1.54, 1.807) is 48.9 Å². The van der Waals surface area contributed by atoms with Gasteiger partial charge in [0.2, 0.25) is 5.91 Å². The Kier molecular flexibility index (Phi) is 36.7. The number of para-hydroxylation sites is 1. The fourth-order valence-electron chi connectivity index (χ4n) is 12.9. The second-order valence-corrected chi connectivity index (χ2v) is 35.1. The summed E-state index contributed by atoms with van der Waals surface area (Å²) in [7, 11) is 3.92. The normalized spacial score (nSPS) is 14.7. The molecular weight excluding hydrogens is 1550 g/mol. The third kappa shape index (κ3) is 29.4. The average Bonchev–Trinajstić information content (AvgIpc) is 1.56. The zero-order valence-electron chi connectivity index (χ0n) is 68.7. The van der Waals surface area contributed by atoms with Gasteiger partial charge in [-0.25, -0.2) is 19.6 Å². The van der Waals surface area contributed by atoms with Crippen LogP contribution in [-0.2, 0) is 46.7 Å². The first kappa shape index (κ1) is 93.3. The number of phenols is 4. The monoisotopic (exact) mass is 1660 g/mol. The number of nitrogens with zero attached hydrogens (tertiary/aromatic N) is 8. The van der Waals surface area contributed by atoms with E-state index in [1.807, 2.05) is 48.4 Å². The minimum Gasteiger partial charge on any atom is -0.507 e. The van der Waals surface area contributed by atoms with Gasteiger partial charge in [-0.1, -0.05) is 127 Å². The molecule has 5 aliphatic heterocycles. The van der Waals surface area contributed by atoms with E-state index in [0.717, 1.165) is 162 Å². The van der Waals surface area contributed by atoms with Crippen LogP contribution >= 0.6 is 37.5 Å². The predicted molar refractivity (Wildman–Crippen MR) is 465 cm³/mol. The number of carbonyl (C=O) groups excluding carboxylic acids is 1. The molecule has 13 rings (SSSR count). The third-order valence-corrected chi connectivity index (χ3v) is 23.4. The Morgan fingerprint density at radius 1 is 0.579 bits per heavy atom. The maximum atomic E-state index is 10.5. The Bertz CT molecular complexity index is 4420. The fourth-order valence-corrected chi connectivity index (χ4v) is 16.5. The Hall–Kier alpha value is -9.60. The van der Waals surface area contributed by atoms with E-state index in [-0.39, 0.29) is 33.1 Å².